The molecule has 1 aliphatic rings. The zero-order valence-corrected chi connectivity index (χ0v) is 10.9. The number of nitrogens with zero attached hydrogens (tertiary/aromatic N) is 4. The fourth-order valence-electron chi connectivity index (χ4n) is 2.07. The van der Waals surface area contributed by atoms with Gasteiger partial charge in [0.2, 0.25) is 5.95 Å². The van der Waals surface area contributed by atoms with Crippen LogP contribution in [0.15, 0.2) is 36.7 Å². The Kier molecular flexibility index (Phi) is 3.36. The Morgan fingerprint density at radius 1 is 1.10 bits per heavy atom. The number of hydrogen-bond acceptors (Lipinski definition) is 5. The maximum atomic E-state index is 12.6. The van der Waals surface area contributed by atoms with Gasteiger partial charge in [-0.1, -0.05) is 6.07 Å². The Labute approximate surface area is 118 Å². The highest BCUT2D eigenvalue weighted by Gasteiger charge is 2.33. The second-order valence-corrected chi connectivity index (χ2v) is 4.70. The maximum Gasteiger partial charge on any atom is 0.433 e. The second-order valence-electron chi connectivity index (χ2n) is 4.70. The summed E-state index contributed by atoms with van der Waals surface area (Å²) in [5, 5.41) is 2.90. The summed E-state index contributed by atoms with van der Waals surface area (Å²) in [5.74, 6) is 0.844. The number of halogens is 3. The van der Waals surface area contributed by atoms with E-state index in [1.807, 2.05) is 23.1 Å². The van der Waals surface area contributed by atoms with Crippen molar-refractivity contribution in [1.82, 2.24) is 15.0 Å². The molecule has 5 nitrogen and oxygen atoms in total. The molecule has 3 rings (SSSR count). The topological polar surface area (TPSA) is 53.9 Å². The molecule has 0 aromatic carbocycles. The van der Waals surface area contributed by atoms with Gasteiger partial charge in [0.05, 0.1) is 6.04 Å². The highest BCUT2D eigenvalue weighted by atomic mass is 19.4. The molecule has 110 valence electrons. The molecule has 1 fully saturated rings. The first kappa shape index (κ1) is 13.6. The number of hydrogen-bond donors (Lipinski definition) is 1. The van der Waals surface area contributed by atoms with Crippen molar-refractivity contribution in [3.63, 3.8) is 0 Å². The summed E-state index contributed by atoms with van der Waals surface area (Å²) in [4.78, 5) is 13.5. The highest BCUT2D eigenvalue weighted by molar-refractivity contribution is 5.44. The lowest BCUT2D eigenvalue weighted by atomic mass is 10.1. The second kappa shape index (κ2) is 5.19. The average molecular weight is 295 g/mol. The Bertz CT molecular complexity index is 611. The summed E-state index contributed by atoms with van der Waals surface area (Å²) in [6, 6.07) is 6.47. The van der Waals surface area contributed by atoms with Gasteiger partial charge in [0.1, 0.15) is 11.5 Å². The summed E-state index contributed by atoms with van der Waals surface area (Å²) < 4.78 is 37.7. The minimum absolute atomic E-state index is 0.00417. The summed E-state index contributed by atoms with van der Waals surface area (Å²) in [6.07, 6.45) is -1.65. The molecule has 2 aromatic rings. The first-order valence-corrected chi connectivity index (χ1v) is 6.35. The Morgan fingerprint density at radius 3 is 2.57 bits per heavy atom. The van der Waals surface area contributed by atoms with Gasteiger partial charge >= 0.3 is 6.18 Å². The van der Waals surface area contributed by atoms with Crippen molar-refractivity contribution in [3.8, 4) is 0 Å². The van der Waals surface area contributed by atoms with Crippen molar-refractivity contribution in [2.75, 3.05) is 23.3 Å². The molecule has 0 atom stereocenters. The number of aromatic nitrogens is 3. The number of alkyl halides is 3. The van der Waals surface area contributed by atoms with Crippen LogP contribution in [0.3, 0.4) is 0 Å². The minimum atomic E-state index is -4.46. The van der Waals surface area contributed by atoms with E-state index >= 15 is 0 Å². The lowest BCUT2D eigenvalue weighted by molar-refractivity contribution is -0.141. The largest absolute Gasteiger partial charge is 0.433 e. The lowest BCUT2D eigenvalue weighted by Crippen LogP contribution is -2.55. The predicted molar refractivity (Wildman–Crippen MR) is 70.9 cm³/mol. The number of anilines is 2. The van der Waals surface area contributed by atoms with E-state index in [-0.39, 0.29) is 12.0 Å². The average Bonchev–Trinajstić information content (AvgIpc) is 2.43. The molecule has 1 N–H and O–H groups in total. The van der Waals surface area contributed by atoms with Crippen LogP contribution in [0.2, 0.25) is 0 Å². The SMILES string of the molecule is FC(F)(F)c1ccnc(NC2CN(c3ccccn3)C2)n1. The number of rotatable bonds is 3. The van der Waals surface area contributed by atoms with Crippen LogP contribution in [0, 0.1) is 0 Å². The molecule has 8 heteroatoms. The monoisotopic (exact) mass is 295 g/mol. The van der Waals surface area contributed by atoms with Gasteiger partial charge in [-0.15, -0.1) is 0 Å². The molecule has 0 aliphatic carbocycles. The van der Waals surface area contributed by atoms with E-state index in [4.69, 9.17) is 0 Å². The van der Waals surface area contributed by atoms with Crippen molar-refractivity contribution < 1.29 is 13.2 Å². The van der Waals surface area contributed by atoms with Crippen LogP contribution in [0.4, 0.5) is 24.9 Å². The smallest absolute Gasteiger partial charge is 0.352 e. The van der Waals surface area contributed by atoms with Crippen LogP contribution < -0.4 is 10.2 Å². The molecule has 1 aliphatic heterocycles. The highest BCUT2D eigenvalue weighted by Crippen LogP contribution is 2.28. The molecule has 0 radical (unpaired) electrons. The quantitative estimate of drug-likeness (QED) is 0.940. The molecule has 0 amide bonds. The van der Waals surface area contributed by atoms with Gasteiger partial charge in [-0.05, 0) is 18.2 Å². The van der Waals surface area contributed by atoms with Crippen LogP contribution in [0.25, 0.3) is 0 Å². The summed E-state index contributed by atoms with van der Waals surface area (Å²) >= 11 is 0. The zero-order chi connectivity index (χ0) is 14.9. The predicted octanol–water partition coefficient (Wildman–Crippen LogP) is 2.19. The van der Waals surface area contributed by atoms with Crippen LogP contribution in [-0.4, -0.2) is 34.1 Å². The molecule has 0 spiro atoms. The van der Waals surface area contributed by atoms with Gasteiger partial charge in [-0.25, -0.2) is 15.0 Å². The van der Waals surface area contributed by atoms with Gasteiger partial charge < -0.3 is 10.2 Å². The molecule has 1 saturated heterocycles. The van der Waals surface area contributed by atoms with E-state index in [1.165, 1.54) is 0 Å². The van der Waals surface area contributed by atoms with Crippen LogP contribution in [-0.2, 0) is 6.18 Å². The van der Waals surface area contributed by atoms with Gasteiger partial charge in [0.25, 0.3) is 0 Å². The fraction of sp³-hybridized carbons (Fsp3) is 0.308. The molecular weight excluding hydrogens is 283 g/mol. The van der Waals surface area contributed by atoms with E-state index in [1.54, 1.807) is 6.20 Å². The third kappa shape index (κ3) is 3.04. The Hall–Kier alpha value is -2.38. The van der Waals surface area contributed by atoms with Crippen LogP contribution in [0.5, 0.6) is 0 Å². The maximum absolute atomic E-state index is 12.6. The first-order chi connectivity index (χ1) is 10.0. The Balaban J connectivity index is 1.60. The zero-order valence-electron chi connectivity index (χ0n) is 10.9. The van der Waals surface area contributed by atoms with Crippen molar-refractivity contribution >= 4 is 11.8 Å². The van der Waals surface area contributed by atoms with Gasteiger partial charge in [-0.2, -0.15) is 13.2 Å². The molecule has 3 heterocycles. The van der Waals surface area contributed by atoms with E-state index in [0.29, 0.717) is 13.1 Å². The third-order valence-corrected chi connectivity index (χ3v) is 3.13. The van der Waals surface area contributed by atoms with Gasteiger partial charge in [0.15, 0.2) is 0 Å². The van der Waals surface area contributed by atoms with Crippen molar-refractivity contribution in [1.29, 1.82) is 0 Å². The molecule has 0 unspecified atom stereocenters. The van der Waals surface area contributed by atoms with E-state index in [2.05, 4.69) is 20.3 Å². The van der Waals surface area contributed by atoms with Crippen LogP contribution in [0.1, 0.15) is 5.69 Å². The van der Waals surface area contributed by atoms with E-state index < -0.39 is 11.9 Å². The number of pyridine rings is 1. The summed E-state index contributed by atoms with van der Waals surface area (Å²) in [7, 11) is 0. The molecule has 0 saturated carbocycles. The molecule has 21 heavy (non-hydrogen) atoms. The Morgan fingerprint density at radius 2 is 1.90 bits per heavy atom. The molecule has 0 bridgehead atoms. The minimum Gasteiger partial charge on any atom is -0.352 e. The van der Waals surface area contributed by atoms with E-state index in [0.717, 1.165) is 18.1 Å². The lowest BCUT2D eigenvalue weighted by Gasteiger charge is -2.40. The van der Waals surface area contributed by atoms with Crippen molar-refractivity contribution in [3.05, 3.63) is 42.4 Å². The van der Waals surface area contributed by atoms with Gasteiger partial charge in [0, 0.05) is 25.5 Å². The fourth-order valence-corrected chi connectivity index (χ4v) is 2.07. The van der Waals surface area contributed by atoms with Gasteiger partial charge in [-0.3, -0.25) is 0 Å². The normalized spacial score (nSPS) is 15.7. The molecule has 2 aromatic heterocycles. The summed E-state index contributed by atoms with van der Waals surface area (Å²) in [5.41, 5.74) is -0.944. The van der Waals surface area contributed by atoms with E-state index in [9.17, 15) is 13.2 Å². The van der Waals surface area contributed by atoms with Crippen molar-refractivity contribution in [2.45, 2.75) is 12.2 Å². The van der Waals surface area contributed by atoms with Crippen LogP contribution >= 0.6 is 0 Å². The first-order valence-electron chi connectivity index (χ1n) is 6.35. The summed E-state index contributed by atoms with van der Waals surface area (Å²) in [6.45, 7) is 1.30. The number of nitrogens with one attached hydrogen (secondary N) is 1. The third-order valence-electron chi connectivity index (χ3n) is 3.13. The molecular formula is C13H12F3N5. The van der Waals surface area contributed by atoms with Crippen molar-refractivity contribution in [2.24, 2.45) is 0 Å². The standard InChI is InChI=1S/C13H12F3N5/c14-13(15,16)10-4-6-18-12(20-10)19-9-7-21(8-9)11-3-1-2-5-17-11/h1-6,9H,7-8H2,(H,18,19,20).